The van der Waals surface area contributed by atoms with E-state index < -0.39 is 35.4 Å². The average molecular weight is 533 g/mol. The summed E-state index contributed by atoms with van der Waals surface area (Å²) in [5.41, 5.74) is -3.77. The van der Waals surface area contributed by atoms with Crippen LogP contribution in [0.5, 0.6) is 0 Å². The zero-order valence-corrected chi connectivity index (χ0v) is 20.6. The van der Waals surface area contributed by atoms with Crippen LogP contribution in [0.4, 0.5) is 26.3 Å². The maximum Gasteiger partial charge on any atom is 0.416 e. The summed E-state index contributed by atoms with van der Waals surface area (Å²) in [6, 6.07) is 1.80. The summed E-state index contributed by atoms with van der Waals surface area (Å²) in [6.45, 7) is 5.10. The second-order valence-corrected chi connectivity index (χ2v) is 10.4. The fraction of sp³-hybridized carbons (Fsp3) is 0.667. The summed E-state index contributed by atoms with van der Waals surface area (Å²) in [6.07, 6.45) is -4.54. The van der Waals surface area contributed by atoms with Gasteiger partial charge in [-0.1, -0.05) is 13.8 Å². The third-order valence-corrected chi connectivity index (χ3v) is 7.94. The van der Waals surface area contributed by atoms with Crippen molar-refractivity contribution in [1.82, 2.24) is 30.4 Å². The summed E-state index contributed by atoms with van der Waals surface area (Å²) in [7, 11) is 0. The Balaban J connectivity index is 1.43. The van der Waals surface area contributed by atoms with Crippen LogP contribution in [0.1, 0.15) is 68.7 Å². The van der Waals surface area contributed by atoms with Crippen molar-refractivity contribution in [1.29, 1.82) is 0 Å². The Bertz CT molecular complexity index is 1050. The summed E-state index contributed by atoms with van der Waals surface area (Å²) in [5, 5.41) is 14.0. The molecule has 2 heterocycles. The summed E-state index contributed by atoms with van der Waals surface area (Å²) in [5.74, 6) is -0.386. The van der Waals surface area contributed by atoms with Crippen LogP contribution in [0, 0.1) is 11.3 Å². The van der Waals surface area contributed by atoms with Crippen molar-refractivity contribution >= 4 is 5.91 Å². The number of hydrogen-bond acceptors (Lipinski definition) is 5. The minimum atomic E-state index is -4.93. The van der Waals surface area contributed by atoms with Crippen LogP contribution >= 0.6 is 0 Å². The number of likely N-dealkylation sites (tertiary alicyclic amines) is 1. The van der Waals surface area contributed by atoms with Crippen molar-refractivity contribution in [2.45, 2.75) is 76.9 Å². The first-order valence-electron chi connectivity index (χ1n) is 12.3. The molecule has 2 aliphatic rings. The molecule has 2 atom stereocenters. The van der Waals surface area contributed by atoms with Crippen molar-refractivity contribution in [3.8, 4) is 0 Å². The number of rotatable bonds is 6. The number of benzene rings is 1. The van der Waals surface area contributed by atoms with Crippen LogP contribution in [0.15, 0.2) is 24.5 Å². The number of aromatic nitrogens is 4. The molecule has 1 N–H and O–H groups in total. The van der Waals surface area contributed by atoms with Gasteiger partial charge in [-0.2, -0.15) is 26.3 Å². The van der Waals surface area contributed by atoms with E-state index in [1.807, 2.05) is 13.8 Å². The van der Waals surface area contributed by atoms with Gasteiger partial charge in [-0.05, 0) is 72.2 Å². The lowest BCUT2D eigenvalue weighted by Gasteiger charge is -2.37. The predicted molar refractivity (Wildman–Crippen MR) is 121 cm³/mol. The normalized spacial score (nSPS) is 24.1. The van der Waals surface area contributed by atoms with Crippen molar-refractivity contribution < 1.29 is 31.1 Å². The topological polar surface area (TPSA) is 75.9 Å². The minimum absolute atomic E-state index is 0.0523. The summed E-state index contributed by atoms with van der Waals surface area (Å²) < 4.78 is 81.0. The highest BCUT2D eigenvalue weighted by Gasteiger charge is 2.49. The molecule has 0 spiro atoms. The summed E-state index contributed by atoms with van der Waals surface area (Å²) >= 11 is 0. The van der Waals surface area contributed by atoms with Crippen molar-refractivity contribution in [3.05, 3.63) is 41.2 Å². The largest absolute Gasteiger partial charge is 0.416 e. The zero-order valence-electron chi connectivity index (χ0n) is 20.6. The quantitative estimate of drug-likeness (QED) is 0.538. The number of nitrogens with zero attached hydrogens (tertiary/aromatic N) is 5. The molecule has 1 aromatic heterocycles. The van der Waals surface area contributed by atoms with Crippen molar-refractivity contribution in [2.75, 3.05) is 13.1 Å². The average Bonchev–Trinajstić information content (AvgIpc) is 3.53. The molecule has 0 radical (unpaired) electrons. The molecular weight excluding hydrogens is 502 g/mol. The van der Waals surface area contributed by atoms with E-state index in [-0.39, 0.29) is 35.5 Å². The van der Waals surface area contributed by atoms with Crippen LogP contribution in [0.25, 0.3) is 0 Å². The lowest BCUT2D eigenvalue weighted by molar-refractivity contribution is -0.143. The molecule has 1 aromatic carbocycles. The molecular formula is C24H30F6N6O. The van der Waals surface area contributed by atoms with Gasteiger partial charge in [-0.15, -0.1) is 5.10 Å². The Morgan fingerprint density at radius 2 is 1.65 bits per heavy atom. The molecule has 4 rings (SSSR count). The molecule has 0 bridgehead atoms. The van der Waals surface area contributed by atoms with E-state index in [0.29, 0.717) is 25.0 Å². The predicted octanol–water partition coefficient (Wildman–Crippen LogP) is 4.86. The number of tetrazole rings is 1. The van der Waals surface area contributed by atoms with Crippen LogP contribution in [-0.2, 0) is 23.7 Å². The molecule has 1 amide bonds. The van der Waals surface area contributed by atoms with E-state index in [9.17, 15) is 31.1 Å². The number of carbonyl (C=O) groups is 1. The molecule has 1 aliphatic carbocycles. The van der Waals surface area contributed by atoms with Gasteiger partial charge in [0.15, 0.2) is 0 Å². The Morgan fingerprint density at radius 3 is 2.16 bits per heavy atom. The van der Waals surface area contributed by atoms with Crippen LogP contribution in [0.3, 0.4) is 0 Å². The number of carbonyl (C=O) groups excluding carboxylic acids is 1. The van der Waals surface area contributed by atoms with Gasteiger partial charge in [0.1, 0.15) is 6.33 Å². The van der Waals surface area contributed by atoms with E-state index in [1.165, 1.54) is 0 Å². The molecule has 0 unspecified atom stereocenters. The third kappa shape index (κ3) is 5.91. The van der Waals surface area contributed by atoms with Gasteiger partial charge in [0.05, 0.1) is 22.6 Å². The van der Waals surface area contributed by atoms with Gasteiger partial charge < -0.3 is 10.2 Å². The Morgan fingerprint density at radius 1 is 1.03 bits per heavy atom. The van der Waals surface area contributed by atoms with Crippen LogP contribution < -0.4 is 5.32 Å². The molecule has 37 heavy (non-hydrogen) atoms. The first-order valence-corrected chi connectivity index (χ1v) is 12.3. The molecule has 2 aromatic rings. The van der Waals surface area contributed by atoms with Gasteiger partial charge in [0, 0.05) is 25.7 Å². The van der Waals surface area contributed by atoms with E-state index in [0.717, 1.165) is 32.4 Å². The molecule has 204 valence electrons. The van der Waals surface area contributed by atoms with E-state index in [2.05, 4.69) is 25.7 Å². The van der Waals surface area contributed by atoms with Gasteiger partial charge in [0.25, 0.3) is 0 Å². The van der Waals surface area contributed by atoms with E-state index in [1.54, 1.807) is 11.0 Å². The Labute approximate surface area is 210 Å². The highest BCUT2D eigenvalue weighted by atomic mass is 19.4. The first-order chi connectivity index (χ1) is 17.3. The number of halogens is 6. The van der Waals surface area contributed by atoms with Crippen LogP contribution in [0.2, 0.25) is 0 Å². The zero-order chi connectivity index (χ0) is 27.0. The molecule has 1 aliphatic heterocycles. The van der Waals surface area contributed by atoms with Crippen molar-refractivity contribution in [3.63, 3.8) is 0 Å². The van der Waals surface area contributed by atoms with Crippen LogP contribution in [-0.4, -0.2) is 50.1 Å². The monoisotopic (exact) mass is 532 g/mol. The summed E-state index contributed by atoms with van der Waals surface area (Å²) in [4.78, 5) is 15.7. The highest BCUT2D eigenvalue weighted by molar-refractivity contribution is 5.83. The smallest absolute Gasteiger partial charge is 0.352 e. The molecule has 13 heteroatoms. The fourth-order valence-electron chi connectivity index (χ4n) is 5.68. The molecule has 1 saturated heterocycles. The third-order valence-electron chi connectivity index (χ3n) is 7.94. The fourth-order valence-corrected chi connectivity index (χ4v) is 5.68. The Kier molecular flexibility index (Phi) is 7.55. The van der Waals surface area contributed by atoms with Gasteiger partial charge in [0.2, 0.25) is 5.91 Å². The lowest BCUT2D eigenvalue weighted by atomic mass is 9.74. The van der Waals surface area contributed by atoms with Gasteiger partial charge in [-0.3, -0.25) is 4.79 Å². The van der Waals surface area contributed by atoms with Gasteiger partial charge in [-0.25, -0.2) is 4.68 Å². The second kappa shape index (κ2) is 10.2. The van der Waals surface area contributed by atoms with E-state index >= 15 is 0 Å². The Hall–Kier alpha value is -2.70. The SMILES string of the molecule is CC(C)[C@]1(C(=O)NCc2cc(C(F)(F)F)cc(C(F)(F)F)c2)CC[C@@H](N2CCC(n3cnnn3)CC2)C1. The maximum absolute atomic E-state index is 13.4. The highest BCUT2D eigenvalue weighted by Crippen LogP contribution is 2.47. The number of nitrogens with one attached hydrogen (secondary N) is 1. The maximum atomic E-state index is 13.4. The molecule has 1 saturated carbocycles. The number of alkyl halides is 6. The number of hydrogen-bond donors (Lipinski definition) is 1. The molecule has 2 fully saturated rings. The van der Waals surface area contributed by atoms with E-state index in [4.69, 9.17) is 0 Å². The van der Waals surface area contributed by atoms with Gasteiger partial charge >= 0.3 is 12.4 Å². The number of amides is 1. The van der Waals surface area contributed by atoms with Crippen molar-refractivity contribution in [2.24, 2.45) is 11.3 Å². The second-order valence-electron chi connectivity index (χ2n) is 10.4. The lowest BCUT2D eigenvalue weighted by Crippen LogP contribution is -2.45. The molecule has 7 nitrogen and oxygen atoms in total. The minimum Gasteiger partial charge on any atom is -0.352 e. The first kappa shape index (κ1) is 27.3. The standard InChI is InChI=1S/C24H30F6N6O/c1-15(2)22(6-3-20(12-22)35-7-4-19(5-8-35)36-14-32-33-34-36)21(37)31-13-16-9-17(23(25,26)27)11-18(10-16)24(28,29)30/h9-11,14-15,19-20H,3-8,12-13H2,1-2H3,(H,31,37)/t20-,22+/m1/s1. The number of piperidine rings is 1.